The molecular formula is C21H23N5O2. The number of H-pyrrole nitrogens is 2. The van der Waals surface area contributed by atoms with Gasteiger partial charge in [-0.15, -0.1) is 0 Å². The fourth-order valence-corrected chi connectivity index (χ4v) is 4.05. The minimum atomic E-state index is -0.0295. The molecule has 28 heavy (non-hydrogen) atoms. The molecule has 1 aliphatic heterocycles. The van der Waals surface area contributed by atoms with Crippen LogP contribution in [0.25, 0.3) is 32.7 Å². The zero-order chi connectivity index (χ0) is 18.9. The van der Waals surface area contributed by atoms with Crippen LogP contribution >= 0.6 is 0 Å². The molecule has 7 nitrogen and oxygen atoms in total. The quantitative estimate of drug-likeness (QED) is 0.467. The lowest BCUT2D eigenvalue weighted by molar-refractivity contribution is 0.0374. The summed E-state index contributed by atoms with van der Waals surface area (Å²) in [5.41, 5.74) is 3.61. The third-order valence-electron chi connectivity index (χ3n) is 5.50. The number of hydrogen-bond acceptors (Lipinski definition) is 4. The maximum Gasteiger partial charge on any atom is 0.251 e. The third-order valence-corrected chi connectivity index (χ3v) is 5.50. The summed E-state index contributed by atoms with van der Waals surface area (Å²) >= 11 is 0. The number of rotatable bonds is 5. The first-order valence-corrected chi connectivity index (χ1v) is 9.76. The van der Waals surface area contributed by atoms with Crippen molar-refractivity contribution in [1.82, 2.24) is 25.4 Å². The van der Waals surface area contributed by atoms with Crippen LogP contribution in [0.1, 0.15) is 16.8 Å². The first-order chi connectivity index (χ1) is 13.8. The number of benzene rings is 2. The van der Waals surface area contributed by atoms with Gasteiger partial charge in [0.15, 0.2) is 0 Å². The maximum absolute atomic E-state index is 12.9. The Morgan fingerprint density at radius 3 is 2.96 bits per heavy atom. The Kier molecular flexibility index (Phi) is 4.46. The van der Waals surface area contributed by atoms with Gasteiger partial charge in [-0.05, 0) is 25.1 Å². The first-order valence-electron chi connectivity index (χ1n) is 9.76. The predicted molar refractivity (Wildman–Crippen MR) is 110 cm³/mol. The van der Waals surface area contributed by atoms with Crippen LogP contribution in [0.4, 0.5) is 0 Å². The van der Waals surface area contributed by atoms with Crippen LogP contribution in [-0.4, -0.2) is 65.4 Å². The van der Waals surface area contributed by atoms with Gasteiger partial charge < -0.3 is 15.0 Å². The molecule has 0 spiro atoms. The Morgan fingerprint density at radius 2 is 2.07 bits per heavy atom. The van der Waals surface area contributed by atoms with Crippen LogP contribution in [0.15, 0.2) is 36.5 Å². The van der Waals surface area contributed by atoms with Crippen molar-refractivity contribution in [2.24, 2.45) is 0 Å². The van der Waals surface area contributed by atoms with Crippen molar-refractivity contribution in [1.29, 1.82) is 0 Å². The topological polar surface area (TPSA) is 86.0 Å². The number of hydrogen-bond donors (Lipinski definition) is 3. The fraction of sp³-hybridized carbons (Fsp3) is 0.333. The van der Waals surface area contributed by atoms with Crippen molar-refractivity contribution in [3.63, 3.8) is 0 Å². The van der Waals surface area contributed by atoms with E-state index in [0.717, 1.165) is 72.0 Å². The largest absolute Gasteiger partial charge is 0.379 e. The molecule has 0 aliphatic carbocycles. The minimum Gasteiger partial charge on any atom is -0.379 e. The minimum absolute atomic E-state index is 0.0295. The highest BCUT2D eigenvalue weighted by molar-refractivity contribution is 6.21. The summed E-state index contributed by atoms with van der Waals surface area (Å²) < 4.78 is 5.37. The molecule has 3 N–H and O–H groups in total. The van der Waals surface area contributed by atoms with E-state index in [1.165, 1.54) is 0 Å². The number of aromatic nitrogens is 3. The van der Waals surface area contributed by atoms with Gasteiger partial charge in [-0.3, -0.25) is 14.8 Å². The lowest BCUT2D eigenvalue weighted by Crippen LogP contribution is -2.38. The van der Waals surface area contributed by atoms with Crippen molar-refractivity contribution in [3.8, 4) is 0 Å². The SMILES string of the molecule is O=C(NCCCN1CCOCC1)c1cccc2[nH]c3c(ccc4cn[nH]c43)c12. The lowest BCUT2D eigenvalue weighted by atomic mass is 10.0. The lowest BCUT2D eigenvalue weighted by Gasteiger charge is -2.26. The number of nitrogens with one attached hydrogen (secondary N) is 3. The Hall–Kier alpha value is -2.90. The second kappa shape index (κ2) is 7.26. The normalized spacial score (nSPS) is 15.6. The Bertz CT molecular complexity index is 1140. The van der Waals surface area contributed by atoms with Crippen LogP contribution in [0.5, 0.6) is 0 Å². The average Bonchev–Trinajstić information content (AvgIpc) is 3.35. The highest BCUT2D eigenvalue weighted by Gasteiger charge is 2.16. The number of aromatic amines is 2. The summed E-state index contributed by atoms with van der Waals surface area (Å²) in [6.07, 6.45) is 2.74. The monoisotopic (exact) mass is 377 g/mol. The Morgan fingerprint density at radius 1 is 1.18 bits per heavy atom. The number of ether oxygens (including phenoxy) is 1. The molecule has 3 heterocycles. The molecule has 0 unspecified atom stereocenters. The molecule has 2 aromatic heterocycles. The van der Waals surface area contributed by atoms with Crippen LogP contribution in [0, 0.1) is 0 Å². The summed E-state index contributed by atoms with van der Waals surface area (Å²) in [7, 11) is 0. The van der Waals surface area contributed by atoms with E-state index in [4.69, 9.17) is 4.74 Å². The molecule has 4 aromatic rings. The number of carbonyl (C=O) groups is 1. The number of fused-ring (bicyclic) bond motifs is 5. The molecule has 1 amide bonds. The van der Waals surface area contributed by atoms with E-state index < -0.39 is 0 Å². The van der Waals surface area contributed by atoms with Crippen molar-refractivity contribution < 1.29 is 9.53 Å². The Labute approximate surface area is 162 Å². The smallest absolute Gasteiger partial charge is 0.251 e. The maximum atomic E-state index is 12.9. The molecule has 2 aromatic carbocycles. The predicted octanol–water partition coefficient (Wildman–Crippen LogP) is 2.65. The van der Waals surface area contributed by atoms with Gasteiger partial charge in [-0.25, -0.2) is 0 Å². The van der Waals surface area contributed by atoms with Crippen LogP contribution in [0.3, 0.4) is 0 Å². The summed E-state index contributed by atoms with van der Waals surface area (Å²) in [6, 6.07) is 9.91. The van der Waals surface area contributed by atoms with Gasteiger partial charge in [0.25, 0.3) is 5.91 Å². The number of morpholine rings is 1. The number of nitrogens with zero attached hydrogens (tertiary/aromatic N) is 2. The van der Waals surface area contributed by atoms with Gasteiger partial charge in [0.1, 0.15) is 0 Å². The summed E-state index contributed by atoms with van der Waals surface area (Å²) in [5.74, 6) is -0.0295. The van der Waals surface area contributed by atoms with E-state index in [1.54, 1.807) is 0 Å². The van der Waals surface area contributed by atoms with E-state index in [0.29, 0.717) is 12.1 Å². The van der Waals surface area contributed by atoms with Gasteiger partial charge in [-0.1, -0.05) is 18.2 Å². The second-order valence-electron chi connectivity index (χ2n) is 7.24. The van der Waals surface area contributed by atoms with Crippen molar-refractivity contribution in [2.75, 3.05) is 39.4 Å². The summed E-state index contributed by atoms with van der Waals surface area (Å²) in [4.78, 5) is 18.7. The van der Waals surface area contributed by atoms with Crippen LogP contribution in [-0.2, 0) is 4.74 Å². The highest BCUT2D eigenvalue weighted by atomic mass is 16.5. The Balaban J connectivity index is 1.37. The summed E-state index contributed by atoms with van der Waals surface area (Å²) in [5, 5.41) is 13.3. The van der Waals surface area contributed by atoms with Crippen molar-refractivity contribution in [2.45, 2.75) is 6.42 Å². The molecule has 0 atom stereocenters. The van der Waals surface area contributed by atoms with Gasteiger partial charge in [0.05, 0.1) is 30.4 Å². The zero-order valence-corrected chi connectivity index (χ0v) is 15.6. The number of amides is 1. The molecular weight excluding hydrogens is 354 g/mol. The van der Waals surface area contributed by atoms with Crippen LogP contribution in [0.2, 0.25) is 0 Å². The molecule has 7 heteroatoms. The second-order valence-corrected chi connectivity index (χ2v) is 7.24. The molecule has 0 saturated carbocycles. The fourth-order valence-electron chi connectivity index (χ4n) is 4.05. The standard InChI is InChI=1S/C21H23N5O2/c27-21(22-7-2-8-26-9-11-28-12-10-26)16-3-1-4-17-18(16)15-6-5-14-13-23-25-19(14)20(15)24-17/h1,3-6,13,24H,2,7-12H2,(H,22,27)(H,23,25). The molecule has 5 rings (SSSR count). The van der Waals surface area contributed by atoms with E-state index in [2.05, 4.69) is 31.5 Å². The number of carbonyl (C=O) groups excluding carboxylic acids is 1. The van der Waals surface area contributed by atoms with E-state index in [9.17, 15) is 4.79 Å². The van der Waals surface area contributed by atoms with E-state index >= 15 is 0 Å². The highest BCUT2D eigenvalue weighted by Crippen LogP contribution is 2.32. The summed E-state index contributed by atoms with van der Waals surface area (Å²) in [6.45, 7) is 5.21. The van der Waals surface area contributed by atoms with E-state index in [1.807, 2.05) is 30.5 Å². The molecule has 1 saturated heterocycles. The van der Waals surface area contributed by atoms with E-state index in [-0.39, 0.29) is 5.91 Å². The zero-order valence-electron chi connectivity index (χ0n) is 15.6. The molecule has 0 radical (unpaired) electrons. The van der Waals surface area contributed by atoms with Gasteiger partial charge in [-0.2, -0.15) is 5.10 Å². The molecule has 144 valence electrons. The molecule has 0 bridgehead atoms. The van der Waals surface area contributed by atoms with Gasteiger partial charge in [0, 0.05) is 46.9 Å². The van der Waals surface area contributed by atoms with Crippen LogP contribution < -0.4 is 5.32 Å². The van der Waals surface area contributed by atoms with Crippen molar-refractivity contribution in [3.05, 3.63) is 42.1 Å². The van der Waals surface area contributed by atoms with Gasteiger partial charge in [0.2, 0.25) is 0 Å². The average molecular weight is 377 g/mol. The third kappa shape index (κ3) is 3.02. The van der Waals surface area contributed by atoms with Gasteiger partial charge >= 0.3 is 0 Å². The van der Waals surface area contributed by atoms with Crippen molar-refractivity contribution >= 4 is 38.6 Å². The molecule has 1 aliphatic rings. The first kappa shape index (κ1) is 17.2. The molecule has 1 fully saturated rings.